The second-order valence-corrected chi connectivity index (χ2v) is 4.01. The summed E-state index contributed by atoms with van der Waals surface area (Å²) >= 11 is 0. The molecule has 6 nitrogen and oxygen atoms in total. The molecule has 1 aromatic rings. The average molecular weight is 228 g/mol. The van der Waals surface area contributed by atoms with Crippen molar-refractivity contribution < 1.29 is 9.84 Å². The predicted octanol–water partition coefficient (Wildman–Crippen LogP) is -0.351. The van der Waals surface area contributed by atoms with E-state index < -0.39 is 5.60 Å². The van der Waals surface area contributed by atoms with Crippen LogP contribution in [0, 0.1) is 0 Å². The number of nitrogens with zero attached hydrogens (tertiary/aromatic N) is 3. The molecule has 1 aromatic heterocycles. The Morgan fingerprint density at radius 3 is 2.88 bits per heavy atom. The van der Waals surface area contributed by atoms with Gasteiger partial charge >= 0.3 is 0 Å². The summed E-state index contributed by atoms with van der Waals surface area (Å²) in [7, 11) is 3.44. The summed E-state index contributed by atoms with van der Waals surface area (Å²) in [5, 5.41) is 21.0. The topological polar surface area (TPSA) is 72.2 Å². The number of aromatic nitrogens is 3. The van der Waals surface area contributed by atoms with Gasteiger partial charge in [-0.3, -0.25) is 0 Å². The van der Waals surface area contributed by atoms with Crippen molar-refractivity contribution in [3.8, 4) is 0 Å². The van der Waals surface area contributed by atoms with E-state index in [1.807, 2.05) is 0 Å². The highest BCUT2D eigenvalue weighted by Gasteiger charge is 2.26. The van der Waals surface area contributed by atoms with Crippen LogP contribution in [0.1, 0.15) is 19.0 Å². The maximum atomic E-state index is 10.2. The average Bonchev–Trinajstić information content (AvgIpc) is 2.65. The number of nitrogens with one attached hydrogen (secondary N) is 1. The highest BCUT2D eigenvalue weighted by molar-refractivity contribution is 5.05. The van der Waals surface area contributed by atoms with Gasteiger partial charge in [0.25, 0.3) is 0 Å². The van der Waals surface area contributed by atoms with Crippen molar-refractivity contribution in [2.24, 2.45) is 7.05 Å². The van der Waals surface area contributed by atoms with Crippen molar-refractivity contribution in [2.75, 3.05) is 26.8 Å². The highest BCUT2D eigenvalue weighted by Crippen LogP contribution is 2.21. The lowest BCUT2D eigenvalue weighted by Crippen LogP contribution is -2.31. The van der Waals surface area contributed by atoms with Gasteiger partial charge in [-0.15, -0.1) is 5.10 Å². The van der Waals surface area contributed by atoms with Gasteiger partial charge in [0.05, 0.1) is 18.5 Å². The Bertz CT molecular complexity index is 312. The van der Waals surface area contributed by atoms with E-state index in [9.17, 15) is 5.11 Å². The van der Waals surface area contributed by atoms with Crippen LogP contribution >= 0.6 is 0 Å². The molecule has 0 amide bonds. The van der Waals surface area contributed by atoms with E-state index in [0.717, 1.165) is 18.8 Å². The van der Waals surface area contributed by atoms with Crippen LogP contribution in [-0.4, -0.2) is 46.9 Å². The van der Waals surface area contributed by atoms with E-state index in [4.69, 9.17) is 4.74 Å². The summed E-state index contributed by atoms with van der Waals surface area (Å²) in [5.41, 5.74) is -0.181. The Morgan fingerprint density at radius 2 is 2.31 bits per heavy atom. The van der Waals surface area contributed by atoms with Gasteiger partial charge in [-0.05, 0) is 19.9 Å². The van der Waals surface area contributed by atoms with Crippen LogP contribution in [0.4, 0.5) is 0 Å². The molecule has 0 aliphatic carbocycles. The van der Waals surface area contributed by atoms with Crippen LogP contribution in [0.3, 0.4) is 0 Å². The van der Waals surface area contributed by atoms with E-state index in [-0.39, 0.29) is 0 Å². The van der Waals surface area contributed by atoms with E-state index in [1.165, 1.54) is 0 Å². The molecular weight excluding hydrogens is 208 g/mol. The number of aryl methyl sites for hydroxylation is 1. The minimum atomic E-state index is -0.904. The molecule has 0 bridgehead atoms. The molecule has 1 heterocycles. The molecule has 0 saturated carbocycles. The summed E-state index contributed by atoms with van der Waals surface area (Å²) in [6.07, 6.45) is 2.20. The normalized spacial score (nSPS) is 15.0. The van der Waals surface area contributed by atoms with Crippen molar-refractivity contribution in [1.29, 1.82) is 0 Å². The number of methoxy groups -OCH3 is 1. The third-order valence-electron chi connectivity index (χ3n) is 2.54. The van der Waals surface area contributed by atoms with Crippen LogP contribution in [0.5, 0.6) is 0 Å². The third-order valence-corrected chi connectivity index (χ3v) is 2.54. The molecular formula is C10H20N4O2. The first-order chi connectivity index (χ1) is 7.58. The van der Waals surface area contributed by atoms with Gasteiger partial charge in [-0.1, -0.05) is 5.21 Å². The van der Waals surface area contributed by atoms with E-state index >= 15 is 0 Å². The molecule has 0 saturated heterocycles. The van der Waals surface area contributed by atoms with Crippen molar-refractivity contribution in [2.45, 2.75) is 18.9 Å². The zero-order chi connectivity index (χ0) is 12.0. The predicted molar refractivity (Wildman–Crippen MR) is 59.9 cm³/mol. The number of ether oxygens (including phenoxy) is 1. The van der Waals surface area contributed by atoms with Gasteiger partial charge < -0.3 is 15.2 Å². The quantitative estimate of drug-likeness (QED) is 0.624. The summed E-state index contributed by atoms with van der Waals surface area (Å²) in [4.78, 5) is 0. The van der Waals surface area contributed by atoms with Crippen LogP contribution in [0.15, 0.2) is 6.20 Å². The van der Waals surface area contributed by atoms with Gasteiger partial charge in [0.15, 0.2) is 0 Å². The van der Waals surface area contributed by atoms with Crippen LogP contribution in [0.25, 0.3) is 0 Å². The van der Waals surface area contributed by atoms with E-state index in [1.54, 1.807) is 32.0 Å². The first kappa shape index (κ1) is 13.1. The fourth-order valence-electron chi connectivity index (χ4n) is 1.54. The fourth-order valence-corrected chi connectivity index (χ4v) is 1.54. The van der Waals surface area contributed by atoms with E-state index in [2.05, 4.69) is 15.6 Å². The second kappa shape index (κ2) is 5.93. The van der Waals surface area contributed by atoms with Gasteiger partial charge in [0, 0.05) is 20.7 Å². The van der Waals surface area contributed by atoms with Crippen LogP contribution in [0.2, 0.25) is 0 Å². The number of rotatable bonds is 7. The highest BCUT2D eigenvalue weighted by atomic mass is 16.5. The number of aliphatic hydroxyl groups is 1. The molecule has 0 aliphatic heterocycles. The van der Waals surface area contributed by atoms with Gasteiger partial charge in [0.2, 0.25) is 0 Å². The third kappa shape index (κ3) is 3.55. The molecule has 0 fully saturated rings. The number of hydrogen-bond acceptors (Lipinski definition) is 5. The monoisotopic (exact) mass is 228 g/mol. The molecule has 0 aromatic carbocycles. The van der Waals surface area contributed by atoms with Gasteiger partial charge in [0.1, 0.15) is 5.60 Å². The minimum Gasteiger partial charge on any atom is -0.384 e. The lowest BCUT2D eigenvalue weighted by molar-refractivity contribution is 0.0392. The van der Waals surface area contributed by atoms with Crippen molar-refractivity contribution in [1.82, 2.24) is 20.3 Å². The Balaban J connectivity index is 2.37. The summed E-state index contributed by atoms with van der Waals surface area (Å²) in [6.45, 7) is 3.96. The van der Waals surface area contributed by atoms with Crippen molar-refractivity contribution in [3.05, 3.63) is 11.9 Å². The fraction of sp³-hybridized carbons (Fsp3) is 0.800. The molecule has 1 rings (SSSR count). The Kier molecular flexibility index (Phi) is 4.85. The smallest absolute Gasteiger partial charge is 0.106 e. The lowest BCUT2D eigenvalue weighted by Gasteiger charge is -2.22. The maximum absolute atomic E-state index is 10.2. The molecule has 1 atom stereocenters. The maximum Gasteiger partial charge on any atom is 0.106 e. The first-order valence-corrected chi connectivity index (χ1v) is 5.35. The summed E-state index contributed by atoms with van der Waals surface area (Å²) in [5.74, 6) is 0. The van der Waals surface area contributed by atoms with Gasteiger partial charge in [-0.25, -0.2) is 4.68 Å². The SMILES string of the molecule is COCCNCCC(C)(O)c1cnnn1C. The van der Waals surface area contributed by atoms with Crippen molar-refractivity contribution >= 4 is 0 Å². The molecule has 92 valence electrons. The van der Waals surface area contributed by atoms with Crippen molar-refractivity contribution in [3.63, 3.8) is 0 Å². The van der Waals surface area contributed by atoms with Crippen LogP contribution in [-0.2, 0) is 17.4 Å². The Morgan fingerprint density at radius 1 is 1.56 bits per heavy atom. The largest absolute Gasteiger partial charge is 0.384 e. The van der Waals surface area contributed by atoms with Gasteiger partial charge in [-0.2, -0.15) is 0 Å². The zero-order valence-corrected chi connectivity index (χ0v) is 10.1. The molecule has 0 radical (unpaired) electrons. The lowest BCUT2D eigenvalue weighted by atomic mass is 9.99. The standard InChI is InChI=1S/C10H20N4O2/c1-10(15,4-5-11-6-7-16-3)9-8-12-13-14(9)2/h8,11,15H,4-7H2,1-3H3. The molecule has 0 aliphatic rings. The summed E-state index contributed by atoms with van der Waals surface area (Å²) < 4.78 is 6.51. The summed E-state index contributed by atoms with van der Waals surface area (Å²) in [6, 6.07) is 0. The molecule has 6 heteroatoms. The molecule has 16 heavy (non-hydrogen) atoms. The number of hydrogen-bond donors (Lipinski definition) is 2. The van der Waals surface area contributed by atoms with E-state index in [0.29, 0.717) is 13.0 Å². The molecule has 0 spiro atoms. The molecule has 1 unspecified atom stereocenters. The second-order valence-electron chi connectivity index (χ2n) is 4.01. The van der Waals surface area contributed by atoms with Crippen LogP contribution < -0.4 is 5.32 Å². The molecule has 2 N–H and O–H groups in total. The zero-order valence-electron chi connectivity index (χ0n) is 10.1. The minimum absolute atomic E-state index is 0.609. The first-order valence-electron chi connectivity index (χ1n) is 5.35. The Labute approximate surface area is 95.6 Å². The Hall–Kier alpha value is -0.980.